The van der Waals surface area contributed by atoms with Crippen molar-refractivity contribution < 1.29 is 24.2 Å². The molecule has 0 saturated carbocycles. The lowest BCUT2D eigenvalue weighted by atomic mass is 10.0. The Balaban J connectivity index is 1.92. The van der Waals surface area contributed by atoms with Crippen LogP contribution in [0.2, 0.25) is 0 Å². The minimum absolute atomic E-state index is 0.0148. The van der Waals surface area contributed by atoms with Crippen LogP contribution in [-0.2, 0) is 19.1 Å². The maximum Gasteiger partial charge on any atom is 0.352 e. The molecule has 23 heavy (non-hydrogen) atoms. The molecule has 1 unspecified atom stereocenters. The Kier molecular flexibility index (Phi) is 5.93. The van der Waals surface area contributed by atoms with Crippen molar-refractivity contribution in [3.05, 3.63) is 11.3 Å². The molecule has 0 aromatic rings. The number of fused-ring (bicyclic) bond motifs is 1. The Morgan fingerprint density at radius 1 is 1.57 bits per heavy atom. The van der Waals surface area contributed by atoms with Gasteiger partial charge in [-0.05, 0) is 30.5 Å². The molecule has 1 saturated heterocycles. The first-order valence-corrected chi connectivity index (χ1v) is 9.27. The molecule has 0 spiro atoms. The van der Waals surface area contributed by atoms with Gasteiger partial charge >= 0.3 is 5.97 Å². The van der Waals surface area contributed by atoms with Crippen LogP contribution in [-0.4, -0.2) is 61.7 Å². The number of β-lactam (4-membered cyclic amide) rings is 1. The molecule has 2 rings (SSSR count). The fraction of sp³-hybridized carbons (Fsp3) is 0.538. The first-order chi connectivity index (χ1) is 10.9. The third kappa shape index (κ3) is 3.81. The molecular formula is C13H16N2O5S3. The zero-order valence-electron chi connectivity index (χ0n) is 12.5. The van der Waals surface area contributed by atoms with E-state index in [4.69, 9.17) is 17.0 Å². The van der Waals surface area contributed by atoms with E-state index in [9.17, 15) is 19.5 Å². The number of nitrogens with one attached hydrogen (secondary N) is 1. The van der Waals surface area contributed by atoms with Crippen LogP contribution < -0.4 is 5.32 Å². The zero-order chi connectivity index (χ0) is 17.1. The molecule has 2 atom stereocenters. The first-order valence-electron chi connectivity index (χ1n) is 6.83. The summed E-state index contributed by atoms with van der Waals surface area (Å²) < 4.78 is 5.39. The number of carboxylic acids is 1. The highest BCUT2D eigenvalue weighted by Gasteiger charge is 2.53. The fourth-order valence-electron chi connectivity index (χ4n) is 2.27. The Morgan fingerprint density at radius 2 is 2.26 bits per heavy atom. The third-order valence-electron chi connectivity index (χ3n) is 3.26. The minimum Gasteiger partial charge on any atom is -0.477 e. The second-order valence-corrected chi connectivity index (χ2v) is 7.83. The van der Waals surface area contributed by atoms with Crippen LogP contribution in [0.3, 0.4) is 0 Å². The third-order valence-corrected chi connectivity index (χ3v) is 5.80. The Hall–Kier alpha value is -1.26. The number of rotatable bonds is 5. The van der Waals surface area contributed by atoms with Gasteiger partial charge in [-0.2, -0.15) is 0 Å². The van der Waals surface area contributed by atoms with Crippen LogP contribution in [0.4, 0.5) is 0 Å². The normalized spacial score (nSPS) is 23.0. The molecule has 2 N–H and O–H groups in total. The average molecular weight is 376 g/mol. The number of hydrogen-bond acceptors (Lipinski definition) is 7. The number of hydrogen-bond donors (Lipinski definition) is 2. The van der Waals surface area contributed by atoms with Gasteiger partial charge < -0.3 is 15.2 Å². The SMILES string of the molecule is CCSC(=S)OCC(=O)N[C@H]1C(=O)N2C(C(=O)O)=C(C)CSC12. The number of thioether (sulfide) groups is 2. The van der Waals surface area contributed by atoms with Crippen molar-refractivity contribution in [3.8, 4) is 0 Å². The van der Waals surface area contributed by atoms with Gasteiger partial charge in [0.1, 0.15) is 17.1 Å². The molecule has 0 aromatic carbocycles. The minimum atomic E-state index is -1.13. The quantitative estimate of drug-likeness (QED) is 0.537. The molecule has 2 aliphatic heterocycles. The van der Waals surface area contributed by atoms with E-state index in [1.807, 2.05) is 6.92 Å². The number of carbonyl (C=O) groups is 3. The van der Waals surface area contributed by atoms with Crippen molar-refractivity contribution in [1.82, 2.24) is 10.2 Å². The van der Waals surface area contributed by atoms with Gasteiger partial charge in [-0.25, -0.2) is 4.79 Å². The molecule has 0 aromatic heterocycles. The summed E-state index contributed by atoms with van der Waals surface area (Å²) in [6.07, 6.45) is 0. The van der Waals surface area contributed by atoms with Crippen molar-refractivity contribution in [2.75, 3.05) is 18.1 Å². The predicted octanol–water partition coefficient (Wildman–Crippen LogP) is 0.799. The molecule has 1 fully saturated rings. The van der Waals surface area contributed by atoms with E-state index in [0.29, 0.717) is 11.3 Å². The summed E-state index contributed by atoms with van der Waals surface area (Å²) in [5, 5.41) is 11.4. The van der Waals surface area contributed by atoms with Crippen LogP contribution in [0, 0.1) is 0 Å². The van der Waals surface area contributed by atoms with Gasteiger partial charge in [-0.1, -0.05) is 18.7 Å². The smallest absolute Gasteiger partial charge is 0.352 e. The molecule has 10 heteroatoms. The van der Waals surface area contributed by atoms with E-state index in [1.54, 1.807) is 6.92 Å². The molecule has 7 nitrogen and oxygen atoms in total. The standard InChI is InChI=1S/C13H16N2O5S3/c1-3-22-13(21)20-4-7(16)14-8-10(17)15-9(12(18)19)6(2)5-23-11(8)15/h8,11H,3-5H2,1-2H3,(H,14,16)(H,18,19)/t8-,11?/m0/s1. The topological polar surface area (TPSA) is 95.9 Å². The van der Waals surface area contributed by atoms with E-state index in [-0.39, 0.29) is 16.7 Å². The highest BCUT2D eigenvalue weighted by molar-refractivity contribution is 8.22. The molecular weight excluding hydrogens is 360 g/mol. The van der Waals surface area contributed by atoms with Gasteiger partial charge in [0.15, 0.2) is 6.61 Å². The number of nitrogens with zero attached hydrogens (tertiary/aromatic N) is 1. The average Bonchev–Trinajstić information content (AvgIpc) is 2.50. The summed E-state index contributed by atoms with van der Waals surface area (Å²) in [6.45, 7) is 3.34. The maximum absolute atomic E-state index is 12.2. The monoisotopic (exact) mass is 376 g/mol. The maximum atomic E-state index is 12.2. The fourth-order valence-corrected chi connectivity index (χ4v) is 4.36. The van der Waals surface area contributed by atoms with Gasteiger partial charge in [-0.3, -0.25) is 14.5 Å². The van der Waals surface area contributed by atoms with Crippen molar-refractivity contribution in [3.63, 3.8) is 0 Å². The van der Waals surface area contributed by atoms with Gasteiger partial charge in [-0.15, -0.1) is 11.8 Å². The largest absolute Gasteiger partial charge is 0.477 e. The van der Waals surface area contributed by atoms with Crippen molar-refractivity contribution in [2.45, 2.75) is 25.3 Å². The number of carbonyl (C=O) groups excluding carboxylic acids is 2. The zero-order valence-corrected chi connectivity index (χ0v) is 15.0. The number of carboxylic acid groups (broad SMARTS) is 1. The summed E-state index contributed by atoms with van der Waals surface area (Å²) in [6, 6.07) is -0.731. The van der Waals surface area contributed by atoms with Crippen molar-refractivity contribution in [1.29, 1.82) is 0 Å². The summed E-state index contributed by atoms with van der Waals surface area (Å²) in [7, 11) is 0. The Morgan fingerprint density at radius 3 is 2.87 bits per heavy atom. The van der Waals surface area contributed by atoms with Crippen LogP contribution in [0.15, 0.2) is 11.3 Å². The second-order valence-electron chi connectivity index (χ2n) is 4.86. The highest BCUT2D eigenvalue weighted by Crippen LogP contribution is 2.40. The van der Waals surface area contributed by atoms with Gasteiger partial charge in [0, 0.05) is 5.75 Å². The van der Waals surface area contributed by atoms with E-state index >= 15 is 0 Å². The van der Waals surface area contributed by atoms with Crippen LogP contribution in [0.5, 0.6) is 0 Å². The second kappa shape index (κ2) is 7.54. The summed E-state index contributed by atoms with van der Waals surface area (Å²) >= 11 is 7.65. The lowest BCUT2D eigenvalue weighted by Gasteiger charge is -2.49. The van der Waals surface area contributed by atoms with Gasteiger partial charge in [0.05, 0.1) is 0 Å². The number of aliphatic carboxylic acids is 1. The summed E-state index contributed by atoms with van der Waals surface area (Å²) in [5.41, 5.74) is 0.656. The molecule has 2 heterocycles. The van der Waals surface area contributed by atoms with E-state index in [1.165, 1.54) is 28.4 Å². The molecule has 0 aliphatic carbocycles. The summed E-state index contributed by atoms with van der Waals surface area (Å²) in [5.74, 6) is -0.741. The number of amides is 2. The molecule has 0 radical (unpaired) electrons. The highest BCUT2D eigenvalue weighted by atomic mass is 32.2. The molecule has 0 bridgehead atoms. The molecule has 2 amide bonds. The van der Waals surface area contributed by atoms with E-state index in [0.717, 1.165) is 5.75 Å². The van der Waals surface area contributed by atoms with Gasteiger partial charge in [0.25, 0.3) is 11.8 Å². The van der Waals surface area contributed by atoms with Crippen LogP contribution in [0.25, 0.3) is 0 Å². The van der Waals surface area contributed by atoms with Crippen LogP contribution >= 0.6 is 35.7 Å². The molecule has 126 valence electrons. The first kappa shape index (κ1) is 18.1. The van der Waals surface area contributed by atoms with E-state index < -0.39 is 29.2 Å². The lowest BCUT2D eigenvalue weighted by molar-refractivity contribution is -0.151. The number of ether oxygens (including phenoxy) is 1. The van der Waals surface area contributed by atoms with Crippen LogP contribution in [0.1, 0.15) is 13.8 Å². The number of thiocarbonyl (C=S) groups is 1. The van der Waals surface area contributed by atoms with Gasteiger partial charge in [0.2, 0.25) is 4.38 Å². The molecule has 2 aliphatic rings. The Bertz CT molecular complexity index is 592. The van der Waals surface area contributed by atoms with Crippen molar-refractivity contribution >= 4 is 57.9 Å². The predicted molar refractivity (Wildman–Crippen MR) is 92.0 cm³/mol. The summed E-state index contributed by atoms with van der Waals surface area (Å²) in [4.78, 5) is 36.5. The Labute approximate surface area is 147 Å². The van der Waals surface area contributed by atoms with E-state index in [2.05, 4.69) is 5.32 Å². The lowest BCUT2D eigenvalue weighted by Crippen LogP contribution is -2.70. The van der Waals surface area contributed by atoms with Crippen molar-refractivity contribution in [2.24, 2.45) is 0 Å².